The Hall–Kier alpha value is -2.16. The van der Waals surface area contributed by atoms with E-state index in [4.69, 9.17) is 10.00 Å². The molecule has 0 atom stereocenters. The van der Waals surface area contributed by atoms with E-state index < -0.39 is 11.9 Å². The average Bonchev–Trinajstić information content (AvgIpc) is 2.25. The normalized spacial score (nSPS) is 9.07. The minimum Gasteiger partial charge on any atom is -0.479 e. The van der Waals surface area contributed by atoms with Crippen LogP contribution in [0.1, 0.15) is 0 Å². The fraction of sp³-hybridized carbons (Fsp3) is 0.222. The van der Waals surface area contributed by atoms with Gasteiger partial charge in [0.1, 0.15) is 6.54 Å². The SMILES string of the molecule is N#CCNC(=O)COc1cccnc1F. The maximum atomic E-state index is 12.9. The lowest BCUT2D eigenvalue weighted by Crippen LogP contribution is -2.29. The van der Waals surface area contributed by atoms with Gasteiger partial charge in [-0.2, -0.15) is 9.65 Å². The first-order valence-corrected chi connectivity index (χ1v) is 4.11. The molecule has 6 heteroatoms. The molecule has 1 aromatic heterocycles. The lowest BCUT2D eigenvalue weighted by molar-refractivity contribution is -0.122. The second-order valence-electron chi connectivity index (χ2n) is 2.52. The summed E-state index contributed by atoms with van der Waals surface area (Å²) in [5, 5.41) is 10.4. The van der Waals surface area contributed by atoms with Crippen LogP contribution in [0.4, 0.5) is 4.39 Å². The van der Waals surface area contributed by atoms with E-state index in [2.05, 4.69) is 10.3 Å². The molecule has 1 rings (SSSR count). The van der Waals surface area contributed by atoms with Crippen LogP contribution >= 0.6 is 0 Å². The molecule has 0 fully saturated rings. The van der Waals surface area contributed by atoms with Gasteiger partial charge in [0.2, 0.25) is 0 Å². The Morgan fingerprint density at radius 3 is 3.20 bits per heavy atom. The summed E-state index contributed by atoms with van der Waals surface area (Å²) >= 11 is 0. The maximum Gasteiger partial charge on any atom is 0.258 e. The van der Waals surface area contributed by atoms with Gasteiger partial charge in [-0.1, -0.05) is 0 Å². The van der Waals surface area contributed by atoms with Gasteiger partial charge in [-0.3, -0.25) is 4.79 Å². The number of rotatable bonds is 4. The van der Waals surface area contributed by atoms with E-state index in [1.807, 2.05) is 0 Å². The number of ether oxygens (including phenoxy) is 1. The van der Waals surface area contributed by atoms with Crippen LogP contribution in [-0.2, 0) is 4.79 Å². The van der Waals surface area contributed by atoms with Crippen molar-refractivity contribution < 1.29 is 13.9 Å². The maximum absolute atomic E-state index is 12.9. The van der Waals surface area contributed by atoms with E-state index in [1.54, 1.807) is 6.07 Å². The molecule has 0 aromatic carbocycles. The van der Waals surface area contributed by atoms with Crippen LogP contribution in [0.3, 0.4) is 0 Å². The first-order chi connectivity index (χ1) is 7.24. The summed E-state index contributed by atoms with van der Waals surface area (Å²) in [6, 6.07) is 4.59. The minimum absolute atomic E-state index is 0.0930. The molecule has 0 saturated carbocycles. The van der Waals surface area contributed by atoms with Crippen LogP contribution in [0.5, 0.6) is 5.75 Å². The number of hydrogen-bond donors (Lipinski definition) is 1. The van der Waals surface area contributed by atoms with Gasteiger partial charge in [0, 0.05) is 6.20 Å². The lowest BCUT2D eigenvalue weighted by atomic mass is 10.4. The third-order valence-corrected chi connectivity index (χ3v) is 1.45. The van der Waals surface area contributed by atoms with Crippen LogP contribution in [-0.4, -0.2) is 24.0 Å². The molecule has 15 heavy (non-hydrogen) atoms. The molecule has 0 radical (unpaired) electrons. The zero-order valence-electron chi connectivity index (χ0n) is 7.74. The van der Waals surface area contributed by atoms with E-state index in [0.717, 1.165) is 0 Å². The molecule has 1 N–H and O–H groups in total. The first kappa shape index (κ1) is 10.9. The first-order valence-electron chi connectivity index (χ1n) is 4.11. The summed E-state index contributed by atoms with van der Waals surface area (Å²) in [6.07, 6.45) is 1.28. The summed E-state index contributed by atoms with van der Waals surface area (Å²) in [6.45, 7) is -0.442. The number of nitrogens with one attached hydrogen (secondary N) is 1. The Morgan fingerprint density at radius 2 is 2.53 bits per heavy atom. The third kappa shape index (κ3) is 3.60. The van der Waals surface area contributed by atoms with Crippen molar-refractivity contribution in [3.63, 3.8) is 0 Å². The molecule has 0 aliphatic carbocycles. The van der Waals surface area contributed by atoms with Gasteiger partial charge in [0.25, 0.3) is 11.9 Å². The Kier molecular flexibility index (Phi) is 4.04. The predicted molar refractivity (Wildman–Crippen MR) is 48.3 cm³/mol. The van der Waals surface area contributed by atoms with Gasteiger partial charge in [0.05, 0.1) is 6.07 Å². The largest absolute Gasteiger partial charge is 0.479 e. The summed E-state index contributed by atoms with van der Waals surface area (Å²) < 4.78 is 17.7. The van der Waals surface area contributed by atoms with Gasteiger partial charge in [0.15, 0.2) is 12.4 Å². The third-order valence-electron chi connectivity index (χ3n) is 1.45. The van der Waals surface area contributed by atoms with Gasteiger partial charge >= 0.3 is 0 Å². The molecular weight excluding hydrogens is 201 g/mol. The summed E-state index contributed by atoms with van der Waals surface area (Å²) in [4.78, 5) is 14.3. The topological polar surface area (TPSA) is 75.0 Å². The van der Waals surface area contributed by atoms with Crippen LogP contribution in [0.2, 0.25) is 0 Å². The average molecular weight is 209 g/mol. The number of pyridine rings is 1. The summed E-state index contributed by atoms with van der Waals surface area (Å²) in [5.41, 5.74) is 0. The van der Waals surface area contributed by atoms with Crippen molar-refractivity contribution in [1.82, 2.24) is 10.3 Å². The number of nitrogens with zero attached hydrogens (tertiary/aromatic N) is 2. The molecule has 0 aliphatic heterocycles. The molecule has 0 aliphatic rings. The minimum atomic E-state index is -0.773. The highest BCUT2D eigenvalue weighted by Crippen LogP contribution is 2.12. The molecule has 0 saturated heterocycles. The molecule has 0 bridgehead atoms. The highest BCUT2D eigenvalue weighted by atomic mass is 19.1. The summed E-state index contributed by atoms with van der Waals surface area (Å²) in [5.74, 6) is -1.35. The van der Waals surface area contributed by atoms with Crippen molar-refractivity contribution in [2.45, 2.75) is 0 Å². The van der Waals surface area contributed by atoms with Gasteiger partial charge in [-0.25, -0.2) is 4.98 Å². The van der Waals surface area contributed by atoms with Crippen LogP contribution < -0.4 is 10.1 Å². The Balaban J connectivity index is 2.41. The molecule has 1 heterocycles. The lowest BCUT2D eigenvalue weighted by Gasteiger charge is -2.05. The van der Waals surface area contributed by atoms with Crippen LogP contribution in [0.15, 0.2) is 18.3 Å². The molecule has 1 amide bonds. The second-order valence-corrected chi connectivity index (χ2v) is 2.52. The van der Waals surface area contributed by atoms with Crippen molar-refractivity contribution in [1.29, 1.82) is 5.26 Å². The van der Waals surface area contributed by atoms with Crippen molar-refractivity contribution >= 4 is 5.91 Å². The number of aromatic nitrogens is 1. The van der Waals surface area contributed by atoms with Crippen molar-refractivity contribution in [2.75, 3.05) is 13.2 Å². The fourth-order valence-corrected chi connectivity index (χ4v) is 0.811. The molecule has 5 nitrogen and oxygen atoms in total. The van der Waals surface area contributed by atoms with E-state index in [-0.39, 0.29) is 18.9 Å². The van der Waals surface area contributed by atoms with E-state index in [9.17, 15) is 9.18 Å². The molecule has 0 unspecified atom stereocenters. The Bertz CT molecular complexity index is 389. The monoisotopic (exact) mass is 209 g/mol. The number of hydrogen-bond acceptors (Lipinski definition) is 4. The van der Waals surface area contributed by atoms with Gasteiger partial charge < -0.3 is 10.1 Å². The van der Waals surface area contributed by atoms with Crippen LogP contribution in [0, 0.1) is 17.3 Å². The van der Waals surface area contributed by atoms with Crippen LogP contribution in [0.25, 0.3) is 0 Å². The van der Waals surface area contributed by atoms with Crippen molar-refractivity contribution in [3.05, 3.63) is 24.3 Å². The quantitative estimate of drug-likeness (QED) is 0.569. The predicted octanol–water partition coefficient (Wildman–Crippen LogP) is 0.239. The van der Waals surface area contributed by atoms with E-state index in [0.29, 0.717) is 0 Å². The van der Waals surface area contributed by atoms with E-state index in [1.165, 1.54) is 18.3 Å². The number of nitriles is 1. The summed E-state index contributed by atoms with van der Waals surface area (Å²) in [7, 11) is 0. The van der Waals surface area contributed by atoms with Crippen molar-refractivity contribution in [3.8, 4) is 11.8 Å². The van der Waals surface area contributed by atoms with Gasteiger partial charge in [-0.15, -0.1) is 0 Å². The smallest absolute Gasteiger partial charge is 0.258 e. The fourth-order valence-electron chi connectivity index (χ4n) is 0.811. The number of amides is 1. The number of carbonyl (C=O) groups excluding carboxylic acids is 1. The zero-order valence-corrected chi connectivity index (χ0v) is 7.74. The Morgan fingerprint density at radius 1 is 1.73 bits per heavy atom. The highest BCUT2D eigenvalue weighted by Gasteiger charge is 2.05. The number of carbonyl (C=O) groups is 1. The standard InChI is InChI=1S/C9H8FN3O2/c10-9-7(2-1-4-13-9)15-6-8(14)12-5-3-11/h1-2,4H,5-6H2,(H,12,14). The van der Waals surface area contributed by atoms with Crippen molar-refractivity contribution in [2.24, 2.45) is 0 Å². The second kappa shape index (κ2) is 5.54. The zero-order chi connectivity index (χ0) is 11.1. The highest BCUT2D eigenvalue weighted by molar-refractivity contribution is 5.77. The molecular formula is C9H8FN3O2. The van der Waals surface area contributed by atoms with E-state index >= 15 is 0 Å². The molecule has 78 valence electrons. The Labute approximate surface area is 85.5 Å². The van der Waals surface area contributed by atoms with Gasteiger partial charge in [-0.05, 0) is 12.1 Å². The number of halogens is 1. The molecule has 1 aromatic rings. The molecule has 0 spiro atoms.